The maximum absolute atomic E-state index is 9.59. The number of nitrogens with zero attached hydrogens (tertiary/aromatic N) is 2. The van der Waals surface area contributed by atoms with Gasteiger partial charge in [-0.2, -0.15) is 0 Å². The normalized spacial score (nSPS) is 19.9. The minimum atomic E-state index is -0.469. The van der Waals surface area contributed by atoms with E-state index >= 15 is 0 Å². The van der Waals surface area contributed by atoms with Gasteiger partial charge in [-0.1, -0.05) is 24.6 Å². The first kappa shape index (κ1) is 15.6. The summed E-state index contributed by atoms with van der Waals surface area (Å²) in [5, 5.41) is 10.3. The van der Waals surface area contributed by atoms with Gasteiger partial charge in [-0.3, -0.25) is 4.90 Å². The summed E-state index contributed by atoms with van der Waals surface area (Å²) >= 11 is 6.37. The van der Waals surface area contributed by atoms with Crippen LogP contribution in [0, 0.1) is 0 Å². The van der Waals surface area contributed by atoms with Gasteiger partial charge in [0, 0.05) is 32.2 Å². The topological polar surface area (TPSA) is 26.7 Å². The summed E-state index contributed by atoms with van der Waals surface area (Å²) < 4.78 is 0. The van der Waals surface area contributed by atoms with Crippen LogP contribution in [0.5, 0.6) is 0 Å². The number of aliphatic hydroxyl groups is 1. The molecule has 2 rings (SSSR count). The number of halogens is 1. The van der Waals surface area contributed by atoms with E-state index in [-0.39, 0.29) is 0 Å². The van der Waals surface area contributed by atoms with Crippen LogP contribution in [-0.4, -0.2) is 42.2 Å². The van der Waals surface area contributed by atoms with E-state index in [1.54, 1.807) is 6.92 Å². The Kier molecular flexibility index (Phi) is 5.30. The van der Waals surface area contributed by atoms with Gasteiger partial charge in [0.15, 0.2) is 0 Å². The van der Waals surface area contributed by atoms with Gasteiger partial charge in [-0.15, -0.1) is 0 Å². The average Bonchev–Trinajstić information content (AvgIpc) is 2.46. The lowest BCUT2D eigenvalue weighted by Crippen LogP contribution is -2.49. The van der Waals surface area contributed by atoms with E-state index in [0.29, 0.717) is 6.04 Å². The van der Waals surface area contributed by atoms with Crippen molar-refractivity contribution in [3.05, 3.63) is 28.8 Å². The highest BCUT2D eigenvalue weighted by Crippen LogP contribution is 2.30. The fraction of sp³-hybridized carbons (Fsp3) is 0.625. The lowest BCUT2D eigenvalue weighted by molar-refractivity contribution is 0.192. The molecule has 0 aliphatic carbocycles. The Morgan fingerprint density at radius 2 is 1.85 bits per heavy atom. The maximum atomic E-state index is 9.59. The van der Waals surface area contributed by atoms with Gasteiger partial charge in [0.2, 0.25) is 0 Å². The number of hydrogen-bond acceptors (Lipinski definition) is 3. The monoisotopic (exact) mass is 296 g/mol. The number of aliphatic hydroxyl groups excluding tert-OH is 1. The zero-order chi connectivity index (χ0) is 14.7. The van der Waals surface area contributed by atoms with Crippen molar-refractivity contribution < 1.29 is 5.11 Å². The fourth-order valence-corrected chi connectivity index (χ4v) is 3.01. The van der Waals surface area contributed by atoms with Gasteiger partial charge in [0.1, 0.15) is 0 Å². The molecule has 0 radical (unpaired) electrons. The third kappa shape index (κ3) is 3.46. The van der Waals surface area contributed by atoms with Crippen LogP contribution in [0.1, 0.15) is 38.9 Å². The molecule has 0 spiro atoms. The zero-order valence-corrected chi connectivity index (χ0v) is 13.4. The predicted octanol–water partition coefficient (Wildman–Crippen LogP) is 3.31. The van der Waals surface area contributed by atoms with Gasteiger partial charge in [0.05, 0.1) is 16.8 Å². The molecule has 20 heavy (non-hydrogen) atoms. The molecule has 2 atom stereocenters. The SMILES string of the molecule is CCC(C)N1CCN(c2ccc([C@H](C)O)cc2Cl)CC1. The molecule has 1 aliphatic heterocycles. The second kappa shape index (κ2) is 6.79. The largest absolute Gasteiger partial charge is 0.389 e. The molecule has 1 aromatic rings. The molecule has 1 aliphatic rings. The Morgan fingerprint density at radius 3 is 2.35 bits per heavy atom. The van der Waals surface area contributed by atoms with Crippen LogP contribution in [0.25, 0.3) is 0 Å². The van der Waals surface area contributed by atoms with Crippen LogP contribution in [0.2, 0.25) is 5.02 Å². The van der Waals surface area contributed by atoms with Gasteiger partial charge in [-0.25, -0.2) is 0 Å². The summed E-state index contributed by atoms with van der Waals surface area (Å²) in [7, 11) is 0. The highest BCUT2D eigenvalue weighted by Gasteiger charge is 2.21. The first-order valence-electron chi connectivity index (χ1n) is 7.49. The molecule has 112 valence electrons. The summed E-state index contributed by atoms with van der Waals surface area (Å²) in [6.45, 7) is 10.5. The molecule has 0 saturated carbocycles. The summed E-state index contributed by atoms with van der Waals surface area (Å²) in [6.07, 6.45) is 0.730. The van der Waals surface area contributed by atoms with Crippen molar-refractivity contribution in [1.82, 2.24) is 4.90 Å². The summed E-state index contributed by atoms with van der Waals surface area (Å²) in [6, 6.07) is 6.53. The zero-order valence-electron chi connectivity index (χ0n) is 12.6. The molecule has 0 bridgehead atoms. The van der Waals surface area contributed by atoms with Crippen molar-refractivity contribution in [2.75, 3.05) is 31.1 Å². The third-order valence-electron chi connectivity index (χ3n) is 4.32. The van der Waals surface area contributed by atoms with E-state index < -0.39 is 6.10 Å². The molecule has 1 saturated heterocycles. The van der Waals surface area contributed by atoms with E-state index in [2.05, 4.69) is 23.6 Å². The van der Waals surface area contributed by atoms with Crippen LogP contribution in [-0.2, 0) is 0 Å². The van der Waals surface area contributed by atoms with Crippen molar-refractivity contribution in [3.63, 3.8) is 0 Å². The van der Waals surface area contributed by atoms with Crippen LogP contribution >= 0.6 is 11.6 Å². The summed E-state index contributed by atoms with van der Waals surface area (Å²) in [4.78, 5) is 4.88. The standard InChI is InChI=1S/C16H25ClN2O/c1-4-12(2)18-7-9-19(10-8-18)16-6-5-14(13(3)20)11-15(16)17/h5-6,11-13,20H,4,7-10H2,1-3H3/t12?,13-/m0/s1. The molecule has 1 N–H and O–H groups in total. The molecule has 1 fully saturated rings. The van der Waals surface area contributed by atoms with Crippen LogP contribution < -0.4 is 4.90 Å². The van der Waals surface area contributed by atoms with Gasteiger partial charge in [0.25, 0.3) is 0 Å². The molecule has 0 aromatic heterocycles. The minimum Gasteiger partial charge on any atom is -0.389 e. The van der Waals surface area contributed by atoms with E-state index in [1.807, 2.05) is 18.2 Å². The van der Waals surface area contributed by atoms with Crippen LogP contribution in [0.15, 0.2) is 18.2 Å². The van der Waals surface area contributed by atoms with Gasteiger partial charge >= 0.3 is 0 Å². The van der Waals surface area contributed by atoms with E-state index in [4.69, 9.17) is 11.6 Å². The van der Waals surface area contributed by atoms with Crippen molar-refractivity contribution in [2.45, 2.75) is 39.3 Å². The van der Waals surface area contributed by atoms with Crippen molar-refractivity contribution in [3.8, 4) is 0 Å². The summed E-state index contributed by atoms with van der Waals surface area (Å²) in [5.41, 5.74) is 1.96. The third-order valence-corrected chi connectivity index (χ3v) is 4.63. The Labute approximate surface area is 127 Å². The number of piperazine rings is 1. The number of benzene rings is 1. The number of anilines is 1. The van der Waals surface area contributed by atoms with Gasteiger partial charge in [-0.05, 0) is 38.0 Å². The second-order valence-corrected chi connectivity index (χ2v) is 6.07. The lowest BCUT2D eigenvalue weighted by Gasteiger charge is -2.39. The quantitative estimate of drug-likeness (QED) is 0.923. The molecule has 1 heterocycles. The van der Waals surface area contributed by atoms with Crippen molar-refractivity contribution in [1.29, 1.82) is 0 Å². The second-order valence-electron chi connectivity index (χ2n) is 5.67. The van der Waals surface area contributed by atoms with E-state index in [0.717, 1.165) is 42.5 Å². The minimum absolute atomic E-state index is 0.469. The number of hydrogen-bond donors (Lipinski definition) is 1. The van der Waals surface area contributed by atoms with Crippen molar-refractivity contribution in [2.24, 2.45) is 0 Å². The molecule has 1 unspecified atom stereocenters. The van der Waals surface area contributed by atoms with Crippen LogP contribution in [0.3, 0.4) is 0 Å². The Balaban J connectivity index is 2.04. The molecular weight excluding hydrogens is 272 g/mol. The highest BCUT2D eigenvalue weighted by atomic mass is 35.5. The summed E-state index contributed by atoms with van der Waals surface area (Å²) in [5.74, 6) is 0. The Morgan fingerprint density at radius 1 is 1.20 bits per heavy atom. The fourth-order valence-electron chi connectivity index (χ4n) is 2.70. The Bertz CT molecular complexity index is 442. The highest BCUT2D eigenvalue weighted by molar-refractivity contribution is 6.33. The molecular formula is C16H25ClN2O. The molecule has 3 nitrogen and oxygen atoms in total. The Hall–Kier alpha value is -0.770. The lowest BCUT2D eigenvalue weighted by atomic mass is 10.1. The molecule has 0 amide bonds. The van der Waals surface area contributed by atoms with Gasteiger partial charge < -0.3 is 10.0 Å². The smallest absolute Gasteiger partial charge is 0.0762 e. The first-order chi connectivity index (χ1) is 9.52. The predicted molar refractivity (Wildman–Crippen MR) is 85.6 cm³/mol. The van der Waals surface area contributed by atoms with Crippen LogP contribution in [0.4, 0.5) is 5.69 Å². The van der Waals surface area contributed by atoms with Crippen molar-refractivity contribution >= 4 is 17.3 Å². The maximum Gasteiger partial charge on any atom is 0.0762 e. The van der Waals surface area contributed by atoms with E-state index in [9.17, 15) is 5.11 Å². The molecule has 1 aromatic carbocycles. The number of rotatable bonds is 4. The average molecular weight is 297 g/mol. The van der Waals surface area contributed by atoms with E-state index in [1.165, 1.54) is 6.42 Å². The molecule has 4 heteroatoms. The first-order valence-corrected chi connectivity index (χ1v) is 7.87.